The standard InChI is InChI=1S/C29H34F3N7O4/c1-17(20-3-2-4-22(24(20)30)29(31,32)18-5-7-39(8-6-18)28(41)42)35-25-21-13-23(27(40)36-26(21)34-16-33-25)38-11-9-37(10-12-38)19-14-43-15-19/h2-4,13,16-19H,5-12,14-15H2,1H3,(H,41,42)(H2,33,34,35,36,40)/t17-/m1/s1. The molecule has 1 atom stereocenters. The van der Waals surface area contributed by atoms with Crippen molar-refractivity contribution in [3.63, 3.8) is 0 Å². The molecule has 3 aliphatic rings. The van der Waals surface area contributed by atoms with E-state index < -0.39 is 35.4 Å². The molecule has 2 aromatic heterocycles. The molecule has 14 heteroatoms. The number of amides is 1. The maximum absolute atomic E-state index is 15.7. The molecule has 6 rings (SSSR count). The Bertz CT molecular complexity index is 1550. The number of H-pyrrole nitrogens is 1. The first kappa shape index (κ1) is 29.2. The Kier molecular flexibility index (Phi) is 7.90. The van der Waals surface area contributed by atoms with Gasteiger partial charge in [0.2, 0.25) is 0 Å². The van der Waals surface area contributed by atoms with Gasteiger partial charge in [-0.2, -0.15) is 0 Å². The minimum Gasteiger partial charge on any atom is -0.465 e. The average Bonchev–Trinajstić information content (AvgIpc) is 2.96. The Labute approximate surface area is 245 Å². The largest absolute Gasteiger partial charge is 0.465 e. The highest BCUT2D eigenvalue weighted by Crippen LogP contribution is 2.43. The van der Waals surface area contributed by atoms with Crippen LogP contribution in [0.4, 0.5) is 29.5 Å². The number of benzene rings is 1. The summed E-state index contributed by atoms with van der Waals surface area (Å²) in [5, 5.41) is 12.8. The Morgan fingerprint density at radius 1 is 1.14 bits per heavy atom. The van der Waals surface area contributed by atoms with Gasteiger partial charge >= 0.3 is 6.09 Å². The summed E-state index contributed by atoms with van der Waals surface area (Å²) in [6.07, 6.45) is 0.00439. The molecule has 0 bridgehead atoms. The predicted octanol–water partition coefficient (Wildman–Crippen LogP) is 3.63. The number of fused-ring (bicyclic) bond motifs is 1. The van der Waals surface area contributed by atoms with Crippen LogP contribution in [0.25, 0.3) is 11.0 Å². The monoisotopic (exact) mass is 601 g/mol. The number of nitrogens with one attached hydrogen (secondary N) is 2. The third-order valence-corrected chi connectivity index (χ3v) is 8.91. The number of alkyl halides is 2. The first-order valence-electron chi connectivity index (χ1n) is 14.5. The number of hydrogen-bond donors (Lipinski definition) is 3. The van der Waals surface area contributed by atoms with E-state index in [9.17, 15) is 9.59 Å². The van der Waals surface area contributed by atoms with E-state index in [1.807, 2.05) is 4.90 Å². The molecule has 43 heavy (non-hydrogen) atoms. The molecule has 3 aromatic rings. The number of aromatic nitrogens is 3. The summed E-state index contributed by atoms with van der Waals surface area (Å²) in [5.74, 6) is -5.34. The molecule has 0 spiro atoms. The number of carboxylic acid groups (broad SMARTS) is 1. The van der Waals surface area contributed by atoms with Gasteiger partial charge in [0.15, 0.2) is 0 Å². The number of nitrogens with zero attached hydrogens (tertiary/aromatic N) is 5. The van der Waals surface area contributed by atoms with Crippen LogP contribution >= 0.6 is 0 Å². The SMILES string of the molecule is C[C@@H](Nc1ncnc2[nH]c(=O)c(N3CCN(C4COC4)CC3)cc12)c1cccc(C(F)(F)C2CCN(C(=O)O)CC2)c1F. The number of halogens is 3. The van der Waals surface area contributed by atoms with Crippen molar-refractivity contribution < 1.29 is 27.8 Å². The van der Waals surface area contributed by atoms with E-state index in [2.05, 4.69) is 25.2 Å². The molecule has 3 fully saturated rings. The number of likely N-dealkylation sites (tertiary alicyclic amines) is 1. The van der Waals surface area contributed by atoms with Crippen LogP contribution in [0.5, 0.6) is 0 Å². The summed E-state index contributed by atoms with van der Waals surface area (Å²) in [4.78, 5) is 41.0. The molecule has 0 saturated carbocycles. The lowest BCUT2D eigenvalue weighted by atomic mass is 9.85. The van der Waals surface area contributed by atoms with Crippen LogP contribution in [0.15, 0.2) is 35.4 Å². The predicted molar refractivity (Wildman–Crippen MR) is 153 cm³/mol. The maximum atomic E-state index is 15.7. The number of carbonyl (C=O) groups is 1. The van der Waals surface area contributed by atoms with Crippen LogP contribution < -0.4 is 15.8 Å². The molecule has 3 saturated heterocycles. The van der Waals surface area contributed by atoms with Crippen LogP contribution in [0.1, 0.15) is 36.9 Å². The number of piperidine rings is 1. The fraction of sp³-hybridized carbons (Fsp3) is 0.517. The Hall–Kier alpha value is -3.91. The average molecular weight is 602 g/mol. The number of piperazine rings is 1. The van der Waals surface area contributed by atoms with Crippen LogP contribution in [-0.2, 0) is 10.7 Å². The number of pyridine rings is 1. The minimum atomic E-state index is -3.48. The number of anilines is 2. The molecule has 1 aromatic carbocycles. The van der Waals surface area contributed by atoms with Crippen molar-refractivity contribution in [3.8, 4) is 0 Å². The summed E-state index contributed by atoms with van der Waals surface area (Å²) < 4.78 is 52.2. The second-order valence-corrected chi connectivity index (χ2v) is 11.4. The summed E-state index contributed by atoms with van der Waals surface area (Å²) in [6, 6.07) is 5.32. The third kappa shape index (κ3) is 5.60. The second-order valence-electron chi connectivity index (χ2n) is 11.4. The van der Waals surface area contributed by atoms with E-state index in [0.717, 1.165) is 37.3 Å². The molecular formula is C29H34F3N7O4. The molecule has 0 radical (unpaired) electrons. The Morgan fingerprint density at radius 2 is 1.86 bits per heavy atom. The van der Waals surface area contributed by atoms with E-state index in [1.54, 1.807) is 13.0 Å². The molecule has 0 unspecified atom stereocenters. The van der Waals surface area contributed by atoms with E-state index >= 15 is 13.2 Å². The summed E-state index contributed by atoms with van der Waals surface area (Å²) >= 11 is 0. The molecule has 0 aliphatic carbocycles. The topological polar surface area (TPSA) is 127 Å². The fourth-order valence-corrected chi connectivity index (χ4v) is 6.20. The van der Waals surface area contributed by atoms with Crippen LogP contribution in [0.3, 0.4) is 0 Å². The van der Waals surface area contributed by atoms with Gasteiger partial charge in [-0.3, -0.25) is 9.69 Å². The highest BCUT2D eigenvalue weighted by Gasteiger charge is 2.45. The number of rotatable bonds is 7. The number of ether oxygens (including phenoxy) is 1. The molecule has 3 N–H and O–H groups in total. The maximum Gasteiger partial charge on any atom is 0.407 e. The lowest BCUT2D eigenvalue weighted by Gasteiger charge is -2.43. The van der Waals surface area contributed by atoms with Crippen molar-refractivity contribution in [2.45, 2.75) is 37.8 Å². The van der Waals surface area contributed by atoms with Gasteiger partial charge in [-0.05, 0) is 25.8 Å². The zero-order valence-corrected chi connectivity index (χ0v) is 23.7. The van der Waals surface area contributed by atoms with Crippen molar-refractivity contribution in [1.82, 2.24) is 24.8 Å². The van der Waals surface area contributed by atoms with Crippen LogP contribution in [0, 0.1) is 11.7 Å². The Balaban J connectivity index is 1.22. The van der Waals surface area contributed by atoms with Gasteiger partial charge in [-0.15, -0.1) is 0 Å². The van der Waals surface area contributed by atoms with Crippen molar-refractivity contribution >= 4 is 28.6 Å². The van der Waals surface area contributed by atoms with Crippen molar-refractivity contribution in [3.05, 3.63) is 57.9 Å². The zero-order chi connectivity index (χ0) is 30.3. The minimum absolute atomic E-state index is 0.0229. The molecule has 11 nitrogen and oxygen atoms in total. The highest BCUT2D eigenvalue weighted by molar-refractivity contribution is 5.88. The zero-order valence-electron chi connectivity index (χ0n) is 23.7. The van der Waals surface area contributed by atoms with E-state index in [1.165, 1.54) is 18.5 Å². The van der Waals surface area contributed by atoms with Crippen molar-refractivity contribution in [2.75, 3.05) is 62.7 Å². The summed E-state index contributed by atoms with van der Waals surface area (Å²) in [7, 11) is 0. The van der Waals surface area contributed by atoms with Gasteiger partial charge in [0.1, 0.15) is 29.3 Å². The van der Waals surface area contributed by atoms with Gasteiger partial charge < -0.3 is 29.9 Å². The molecule has 1 amide bonds. The van der Waals surface area contributed by atoms with Crippen LogP contribution in [-0.4, -0.2) is 94.5 Å². The van der Waals surface area contributed by atoms with Crippen LogP contribution in [0.2, 0.25) is 0 Å². The smallest absolute Gasteiger partial charge is 0.407 e. The molecular weight excluding hydrogens is 567 g/mol. The molecule has 5 heterocycles. The fourth-order valence-electron chi connectivity index (χ4n) is 6.20. The molecule has 3 aliphatic heterocycles. The second kappa shape index (κ2) is 11.6. The van der Waals surface area contributed by atoms with Gasteiger partial charge in [0.25, 0.3) is 11.5 Å². The van der Waals surface area contributed by atoms with Gasteiger partial charge in [-0.1, -0.05) is 18.2 Å². The van der Waals surface area contributed by atoms with Crippen molar-refractivity contribution in [2.24, 2.45) is 5.92 Å². The third-order valence-electron chi connectivity index (χ3n) is 8.91. The normalized spacial score (nSPS) is 19.8. The van der Waals surface area contributed by atoms with Gasteiger partial charge in [-0.25, -0.2) is 27.9 Å². The van der Waals surface area contributed by atoms with Crippen molar-refractivity contribution in [1.29, 1.82) is 0 Å². The lowest BCUT2D eigenvalue weighted by Crippen LogP contribution is -2.57. The first-order valence-corrected chi connectivity index (χ1v) is 14.5. The first-order chi connectivity index (χ1) is 20.6. The van der Waals surface area contributed by atoms with E-state index in [4.69, 9.17) is 9.84 Å². The quantitative estimate of drug-likeness (QED) is 0.372. The Morgan fingerprint density at radius 3 is 2.51 bits per heavy atom. The number of hydrogen-bond acceptors (Lipinski definition) is 8. The van der Waals surface area contributed by atoms with E-state index in [0.29, 0.717) is 41.7 Å². The lowest BCUT2D eigenvalue weighted by molar-refractivity contribution is -0.0861. The van der Waals surface area contributed by atoms with Gasteiger partial charge in [0.05, 0.1) is 36.2 Å². The van der Waals surface area contributed by atoms with Gasteiger partial charge in [0, 0.05) is 50.7 Å². The summed E-state index contributed by atoms with van der Waals surface area (Å²) in [6.45, 7) is 6.00. The molecule has 230 valence electrons. The number of aromatic amines is 1. The highest BCUT2D eigenvalue weighted by atomic mass is 19.3. The van der Waals surface area contributed by atoms with E-state index in [-0.39, 0.29) is 37.1 Å². The summed E-state index contributed by atoms with van der Waals surface area (Å²) in [5.41, 5.74) is -0.172.